The van der Waals surface area contributed by atoms with Crippen LogP contribution in [0.15, 0.2) is 12.2 Å². The van der Waals surface area contributed by atoms with Gasteiger partial charge in [0.1, 0.15) is 0 Å². The first-order chi connectivity index (χ1) is 4.86. The van der Waals surface area contributed by atoms with Crippen molar-refractivity contribution < 1.29 is 0 Å². The Bertz CT molecular complexity index is 151. The second-order valence-electron chi connectivity index (χ2n) is 3.45. The van der Waals surface area contributed by atoms with E-state index in [1.165, 1.54) is 37.0 Å². The van der Waals surface area contributed by atoms with Crippen LogP contribution in [-0.4, -0.2) is 11.0 Å². The summed E-state index contributed by atoms with van der Waals surface area (Å²) < 4.78 is 0. The average molecular weight is 154 g/mol. The molecule has 0 bridgehead atoms. The Hall–Kier alpha value is 0.0900. The minimum atomic E-state index is 0.959. The lowest BCUT2D eigenvalue weighted by Crippen LogP contribution is -2.17. The Kier molecular flexibility index (Phi) is 1.77. The van der Waals surface area contributed by atoms with E-state index in [0.717, 1.165) is 11.2 Å². The number of hydrogen-bond donors (Lipinski definition) is 0. The van der Waals surface area contributed by atoms with Crippen molar-refractivity contribution in [3.8, 4) is 0 Å². The normalized spacial score (nSPS) is 39.8. The highest BCUT2D eigenvalue weighted by Gasteiger charge is 2.30. The summed E-state index contributed by atoms with van der Waals surface area (Å²) in [6.45, 7) is 4.06. The third kappa shape index (κ3) is 1.12. The van der Waals surface area contributed by atoms with Crippen LogP contribution in [0.25, 0.3) is 0 Å². The third-order valence-electron chi connectivity index (χ3n) is 2.70. The molecule has 0 amide bonds. The van der Waals surface area contributed by atoms with Crippen molar-refractivity contribution in [1.29, 1.82) is 0 Å². The van der Waals surface area contributed by atoms with Gasteiger partial charge in [0.05, 0.1) is 0 Å². The Morgan fingerprint density at radius 1 is 1.40 bits per heavy atom. The zero-order valence-electron chi connectivity index (χ0n) is 6.31. The number of rotatable bonds is 0. The molecule has 1 heteroatoms. The van der Waals surface area contributed by atoms with Crippen LogP contribution in [0.5, 0.6) is 0 Å². The van der Waals surface area contributed by atoms with Crippen molar-refractivity contribution >= 4 is 11.8 Å². The second kappa shape index (κ2) is 2.61. The van der Waals surface area contributed by atoms with Gasteiger partial charge in [-0.1, -0.05) is 12.2 Å². The number of hydrogen-bond acceptors (Lipinski definition) is 1. The van der Waals surface area contributed by atoms with E-state index in [4.69, 9.17) is 0 Å². The standard InChI is InChI=1S/C9H14S/c1-7-2-3-8-4-5-10-9(8)6-7/h8-9H,1-6H2. The second-order valence-corrected chi connectivity index (χ2v) is 4.80. The summed E-state index contributed by atoms with van der Waals surface area (Å²) in [6, 6.07) is 0. The van der Waals surface area contributed by atoms with E-state index in [-0.39, 0.29) is 0 Å². The highest BCUT2D eigenvalue weighted by molar-refractivity contribution is 8.00. The molecule has 2 rings (SSSR count). The van der Waals surface area contributed by atoms with E-state index in [1.807, 2.05) is 0 Å². The molecule has 1 heterocycles. The monoisotopic (exact) mass is 154 g/mol. The molecule has 0 aromatic heterocycles. The van der Waals surface area contributed by atoms with Crippen molar-refractivity contribution in [1.82, 2.24) is 0 Å². The van der Waals surface area contributed by atoms with Crippen LogP contribution < -0.4 is 0 Å². The molecule has 1 saturated heterocycles. The van der Waals surface area contributed by atoms with Gasteiger partial charge in [0.25, 0.3) is 0 Å². The third-order valence-corrected chi connectivity index (χ3v) is 4.16. The molecule has 0 aromatic rings. The molecule has 1 saturated carbocycles. The lowest BCUT2D eigenvalue weighted by atomic mass is 9.85. The summed E-state index contributed by atoms with van der Waals surface area (Å²) in [5, 5.41) is 0.959. The van der Waals surface area contributed by atoms with Gasteiger partial charge in [-0.25, -0.2) is 0 Å². The molecule has 0 N–H and O–H groups in total. The summed E-state index contributed by atoms with van der Waals surface area (Å²) in [5.41, 5.74) is 1.50. The minimum absolute atomic E-state index is 0.959. The van der Waals surface area contributed by atoms with Crippen molar-refractivity contribution in [3.63, 3.8) is 0 Å². The van der Waals surface area contributed by atoms with Gasteiger partial charge in [0, 0.05) is 5.25 Å². The van der Waals surface area contributed by atoms with Gasteiger partial charge in [-0.05, 0) is 37.4 Å². The SMILES string of the molecule is C=C1CCC2CCSC2C1. The first-order valence-corrected chi connectivity index (χ1v) is 5.19. The summed E-state index contributed by atoms with van der Waals surface area (Å²) in [5.74, 6) is 2.46. The molecule has 56 valence electrons. The summed E-state index contributed by atoms with van der Waals surface area (Å²) in [7, 11) is 0. The molecule has 10 heavy (non-hydrogen) atoms. The first-order valence-electron chi connectivity index (χ1n) is 4.14. The molecule has 0 radical (unpaired) electrons. The number of fused-ring (bicyclic) bond motifs is 1. The van der Waals surface area contributed by atoms with E-state index >= 15 is 0 Å². The lowest BCUT2D eigenvalue weighted by molar-refractivity contribution is 0.431. The van der Waals surface area contributed by atoms with Crippen LogP contribution in [0.2, 0.25) is 0 Å². The fraction of sp³-hybridized carbons (Fsp3) is 0.778. The predicted octanol–water partition coefficient (Wildman–Crippen LogP) is 2.85. The zero-order chi connectivity index (χ0) is 6.97. The summed E-state index contributed by atoms with van der Waals surface area (Å²) in [6.07, 6.45) is 5.52. The highest BCUT2D eigenvalue weighted by Crippen LogP contribution is 2.43. The Labute approximate surface area is 67.1 Å². The van der Waals surface area contributed by atoms with Crippen LogP contribution >= 0.6 is 11.8 Å². The van der Waals surface area contributed by atoms with E-state index in [2.05, 4.69) is 18.3 Å². The van der Waals surface area contributed by atoms with Gasteiger partial charge in [-0.2, -0.15) is 11.8 Å². The van der Waals surface area contributed by atoms with Crippen LogP contribution in [0.4, 0.5) is 0 Å². The van der Waals surface area contributed by atoms with Gasteiger partial charge in [0.2, 0.25) is 0 Å². The van der Waals surface area contributed by atoms with Gasteiger partial charge in [-0.3, -0.25) is 0 Å². The molecule has 1 aliphatic heterocycles. The van der Waals surface area contributed by atoms with Crippen molar-refractivity contribution in [2.75, 3.05) is 5.75 Å². The molecular weight excluding hydrogens is 140 g/mol. The Morgan fingerprint density at radius 2 is 2.30 bits per heavy atom. The van der Waals surface area contributed by atoms with E-state index < -0.39 is 0 Å². The lowest BCUT2D eigenvalue weighted by Gasteiger charge is -2.25. The summed E-state index contributed by atoms with van der Waals surface area (Å²) in [4.78, 5) is 0. The van der Waals surface area contributed by atoms with Crippen molar-refractivity contribution in [3.05, 3.63) is 12.2 Å². The van der Waals surface area contributed by atoms with E-state index in [1.54, 1.807) is 0 Å². The maximum absolute atomic E-state index is 4.06. The molecule has 1 aliphatic carbocycles. The molecule has 2 unspecified atom stereocenters. The molecule has 2 aliphatic rings. The fourth-order valence-electron chi connectivity index (χ4n) is 2.02. The quantitative estimate of drug-likeness (QED) is 0.483. The maximum atomic E-state index is 4.06. The fourth-order valence-corrected chi connectivity index (χ4v) is 3.66. The first kappa shape index (κ1) is 6.78. The van der Waals surface area contributed by atoms with Crippen LogP contribution in [0.1, 0.15) is 25.7 Å². The highest BCUT2D eigenvalue weighted by atomic mass is 32.2. The molecule has 2 fully saturated rings. The molecule has 0 spiro atoms. The Balaban J connectivity index is 2.03. The van der Waals surface area contributed by atoms with Gasteiger partial charge in [-0.15, -0.1) is 0 Å². The van der Waals surface area contributed by atoms with Gasteiger partial charge >= 0.3 is 0 Å². The van der Waals surface area contributed by atoms with Crippen molar-refractivity contribution in [2.24, 2.45) is 5.92 Å². The molecule has 0 aromatic carbocycles. The average Bonchev–Trinajstić information content (AvgIpc) is 2.33. The largest absolute Gasteiger partial charge is 0.158 e. The van der Waals surface area contributed by atoms with E-state index in [0.29, 0.717) is 0 Å². The van der Waals surface area contributed by atoms with Crippen LogP contribution in [0.3, 0.4) is 0 Å². The Morgan fingerprint density at radius 3 is 3.20 bits per heavy atom. The molecular formula is C9H14S. The number of allylic oxidation sites excluding steroid dienone is 1. The smallest absolute Gasteiger partial charge is 0.0113 e. The van der Waals surface area contributed by atoms with Crippen molar-refractivity contribution in [2.45, 2.75) is 30.9 Å². The topological polar surface area (TPSA) is 0 Å². The molecule has 0 nitrogen and oxygen atoms in total. The van der Waals surface area contributed by atoms with Gasteiger partial charge < -0.3 is 0 Å². The van der Waals surface area contributed by atoms with Crippen LogP contribution in [-0.2, 0) is 0 Å². The van der Waals surface area contributed by atoms with Gasteiger partial charge in [0.15, 0.2) is 0 Å². The minimum Gasteiger partial charge on any atom is -0.158 e. The number of thioether (sulfide) groups is 1. The summed E-state index contributed by atoms with van der Waals surface area (Å²) >= 11 is 2.17. The molecule has 2 atom stereocenters. The van der Waals surface area contributed by atoms with E-state index in [9.17, 15) is 0 Å². The predicted molar refractivity (Wildman–Crippen MR) is 47.3 cm³/mol. The zero-order valence-corrected chi connectivity index (χ0v) is 7.12. The van der Waals surface area contributed by atoms with Crippen LogP contribution in [0, 0.1) is 5.92 Å². The maximum Gasteiger partial charge on any atom is 0.0113 e.